The van der Waals surface area contributed by atoms with Crippen LogP contribution in [0.1, 0.15) is 19.4 Å². The van der Waals surface area contributed by atoms with E-state index in [2.05, 4.69) is 0 Å². The minimum atomic E-state index is -3.46. The summed E-state index contributed by atoms with van der Waals surface area (Å²) < 4.78 is 28.2. The third-order valence-electron chi connectivity index (χ3n) is 2.16. The molecule has 1 aromatic rings. The van der Waals surface area contributed by atoms with Gasteiger partial charge in [0.15, 0.2) is 0 Å². The van der Waals surface area contributed by atoms with E-state index in [1.165, 1.54) is 6.07 Å². The molecule has 0 radical (unpaired) electrons. The molecular formula is C10H11ClF2INO. The number of aliphatic hydroxyl groups is 1. The van der Waals surface area contributed by atoms with E-state index in [1.54, 1.807) is 0 Å². The van der Waals surface area contributed by atoms with Crippen LogP contribution in [-0.4, -0.2) is 10.7 Å². The first kappa shape index (κ1) is 13.9. The summed E-state index contributed by atoms with van der Waals surface area (Å²) in [5, 5.41) is 9.37. The number of hydrogen-bond acceptors (Lipinski definition) is 2. The van der Waals surface area contributed by atoms with Crippen LogP contribution in [0.25, 0.3) is 0 Å². The lowest BCUT2D eigenvalue weighted by molar-refractivity contribution is -0.168. The number of hydrogen-bond donors (Lipinski definition) is 2. The van der Waals surface area contributed by atoms with Crippen molar-refractivity contribution in [1.29, 1.82) is 0 Å². The summed E-state index contributed by atoms with van der Waals surface area (Å²) in [4.78, 5) is 0. The summed E-state index contributed by atoms with van der Waals surface area (Å²) in [6.07, 6.45) is 0. The van der Waals surface area contributed by atoms with Crippen molar-refractivity contribution in [3.63, 3.8) is 0 Å². The molecule has 0 bridgehead atoms. The fourth-order valence-corrected chi connectivity index (χ4v) is 2.05. The molecule has 6 heteroatoms. The van der Waals surface area contributed by atoms with Crippen LogP contribution >= 0.6 is 34.2 Å². The van der Waals surface area contributed by atoms with E-state index >= 15 is 0 Å². The SMILES string of the molecule is CC(C)(O)C(F)(F)c1cc(N)cc(I)c1Cl. The molecule has 0 aliphatic heterocycles. The maximum Gasteiger partial charge on any atom is 0.302 e. The molecule has 0 aromatic heterocycles. The highest BCUT2D eigenvalue weighted by molar-refractivity contribution is 14.1. The molecule has 1 rings (SSSR count). The molecule has 90 valence electrons. The molecule has 0 aliphatic rings. The van der Waals surface area contributed by atoms with E-state index in [0.29, 0.717) is 3.57 Å². The molecule has 0 heterocycles. The molecule has 0 saturated carbocycles. The number of halogens is 4. The number of anilines is 1. The van der Waals surface area contributed by atoms with Crippen LogP contribution in [0.15, 0.2) is 12.1 Å². The maximum atomic E-state index is 13.9. The summed E-state index contributed by atoms with van der Waals surface area (Å²) in [5.41, 5.74) is 3.02. The first-order valence-corrected chi connectivity index (χ1v) is 5.88. The van der Waals surface area contributed by atoms with E-state index < -0.39 is 17.1 Å². The van der Waals surface area contributed by atoms with Crippen molar-refractivity contribution in [3.05, 3.63) is 26.3 Å². The second-order valence-electron chi connectivity index (χ2n) is 4.00. The van der Waals surface area contributed by atoms with Crippen LogP contribution in [-0.2, 0) is 5.92 Å². The zero-order chi connectivity index (χ0) is 12.7. The highest BCUT2D eigenvalue weighted by Gasteiger charge is 2.48. The average molecular weight is 362 g/mol. The van der Waals surface area contributed by atoms with Crippen LogP contribution in [0.3, 0.4) is 0 Å². The lowest BCUT2D eigenvalue weighted by Gasteiger charge is -2.30. The third kappa shape index (κ3) is 2.41. The summed E-state index contributed by atoms with van der Waals surface area (Å²) in [6, 6.07) is 2.58. The Labute approximate surface area is 111 Å². The number of nitrogens with two attached hydrogens (primary N) is 1. The maximum absolute atomic E-state index is 13.9. The second-order valence-corrected chi connectivity index (χ2v) is 5.54. The lowest BCUT2D eigenvalue weighted by atomic mass is 9.93. The number of rotatable bonds is 2. The molecule has 0 fully saturated rings. The summed E-state index contributed by atoms with van der Waals surface area (Å²) in [7, 11) is 0. The van der Waals surface area contributed by atoms with Crippen molar-refractivity contribution in [2.45, 2.75) is 25.4 Å². The van der Waals surface area contributed by atoms with E-state index in [4.69, 9.17) is 17.3 Å². The van der Waals surface area contributed by atoms with Crippen LogP contribution in [0.2, 0.25) is 5.02 Å². The zero-order valence-corrected chi connectivity index (χ0v) is 11.6. The quantitative estimate of drug-likeness (QED) is 0.626. The van der Waals surface area contributed by atoms with Crippen LogP contribution < -0.4 is 5.73 Å². The molecule has 0 unspecified atom stereocenters. The van der Waals surface area contributed by atoms with Crippen LogP contribution in [0, 0.1) is 3.57 Å². The zero-order valence-electron chi connectivity index (χ0n) is 8.69. The van der Waals surface area contributed by atoms with Crippen molar-refractivity contribution in [1.82, 2.24) is 0 Å². The Bertz CT molecular complexity index is 418. The van der Waals surface area contributed by atoms with Gasteiger partial charge in [0.05, 0.1) is 5.02 Å². The molecule has 2 nitrogen and oxygen atoms in total. The monoisotopic (exact) mass is 361 g/mol. The van der Waals surface area contributed by atoms with Gasteiger partial charge in [0.2, 0.25) is 0 Å². The minimum Gasteiger partial charge on any atom is -0.399 e. The molecular weight excluding hydrogens is 350 g/mol. The highest BCUT2D eigenvalue weighted by atomic mass is 127. The van der Waals surface area contributed by atoms with Gasteiger partial charge in [-0.3, -0.25) is 0 Å². The fourth-order valence-electron chi connectivity index (χ4n) is 1.17. The van der Waals surface area contributed by atoms with E-state index in [0.717, 1.165) is 19.9 Å². The molecule has 0 saturated heterocycles. The Morgan fingerprint density at radius 2 is 1.88 bits per heavy atom. The fraction of sp³-hybridized carbons (Fsp3) is 0.400. The van der Waals surface area contributed by atoms with Gasteiger partial charge >= 0.3 is 5.92 Å². The topological polar surface area (TPSA) is 46.2 Å². The largest absolute Gasteiger partial charge is 0.399 e. The highest BCUT2D eigenvalue weighted by Crippen LogP contribution is 2.43. The molecule has 0 aliphatic carbocycles. The van der Waals surface area contributed by atoms with Gasteiger partial charge in [-0.25, -0.2) is 0 Å². The third-order valence-corrected chi connectivity index (χ3v) is 3.73. The van der Waals surface area contributed by atoms with Gasteiger partial charge < -0.3 is 10.8 Å². The Balaban J connectivity index is 3.44. The number of benzene rings is 1. The van der Waals surface area contributed by atoms with E-state index in [9.17, 15) is 13.9 Å². The van der Waals surface area contributed by atoms with Gasteiger partial charge in [-0.2, -0.15) is 8.78 Å². The predicted molar refractivity (Wildman–Crippen MR) is 68.8 cm³/mol. The number of alkyl halides is 2. The van der Waals surface area contributed by atoms with Gasteiger partial charge in [0.1, 0.15) is 5.60 Å². The molecule has 0 amide bonds. The smallest absolute Gasteiger partial charge is 0.302 e. The molecule has 0 spiro atoms. The Kier molecular flexibility index (Phi) is 3.71. The first-order valence-electron chi connectivity index (χ1n) is 4.42. The normalized spacial score (nSPS) is 12.9. The van der Waals surface area contributed by atoms with Gasteiger partial charge in [0.25, 0.3) is 0 Å². The predicted octanol–water partition coefficient (Wildman–Crippen LogP) is 3.39. The van der Waals surface area contributed by atoms with Gasteiger partial charge in [-0.1, -0.05) is 11.6 Å². The summed E-state index contributed by atoms with van der Waals surface area (Å²) in [5.74, 6) is -3.46. The van der Waals surface area contributed by atoms with Crippen molar-refractivity contribution >= 4 is 39.9 Å². The minimum absolute atomic E-state index is 0.0816. The molecule has 0 atom stereocenters. The Morgan fingerprint density at radius 3 is 2.31 bits per heavy atom. The summed E-state index contributed by atoms with van der Waals surface area (Å²) >= 11 is 7.62. The second kappa shape index (κ2) is 4.27. The van der Waals surface area contributed by atoms with E-state index in [1.807, 2.05) is 22.6 Å². The Hall–Kier alpha value is -0.140. The van der Waals surface area contributed by atoms with Crippen molar-refractivity contribution < 1.29 is 13.9 Å². The number of nitrogen functional groups attached to an aromatic ring is 1. The van der Waals surface area contributed by atoms with E-state index in [-0.39, 0.29) is 10.7 Å². The van der Waals surface area contributed by atoms with Gasteiger partial charge in [0, 0.05) is 14.8 Å². The lowest BCUT2D eigenvalue weighted by Crippen LogP contribution is -2.40. The standard InChI is InChI=1S/C10H11ClF2INO/c1-9(2,16)10(12,13)6-3-5(15)4-7(14)8(6)11/h3-4,16H,15H2,1-2H3. The van der Waals surface area contributed by atoms with Crippen molar-refractivity contribution in [2.24, 2.45) is 0 Å². The molecule has 3 N–H and O–H groups in total. The van der Waals surface area contributed by atoms with Gasteiger partial charge in [-0.05, 0) is 48.6 Å². The average Bonchev–Trinajstić information content (AvgIpc) is 2.09. The van der Waals surface area contributed by atoms with Gasteiger partial charge in [-0.15, -0.1) is 0 Å². The van der Waals surface area contributed by atoms with Crippen molar-refractivity contribution in [2.75, 3.05) is 5.73 Å². The van der Waals surface area contributed by atoms with Crippen molar-refractivity contribution in [3.8, 4) is 0 Å². The molecule has 1 aromatic carbocycles. The van der Waals surface area contributed by atoms with Crippen LogP contribution in [0.4, 0.5) is 14.5 Å². The summed E-state index contributed by atoms with van der Waals surface area (Å²) in [6.45, 7) is 2.05. The Morgan fingerprint density at radius 1 is 1.38 bits per heavy atom. The molecule has 16 heavy (non-hydrogen) atoms. The van der Waals surface area contributed by atoms with Crippen LogP contribution in [0.5, 0.6) is 0 Å². The first-order chi connectivity index (χ1) is 7.07.